The van der Waals surface area contributed by atoms with Gasteiger partial charge in [0, 0.05) is 19.0 Å². The minimum absolute atomic E-state index is 0.114. The molecule has 1 aliphatic heterocycles. The molecule has 4 N–H and O–H groups in total. The summed E-state index contributed by atoms with van der Waals surface area (Å²) in [7, 11) is -3.58. The van der Waals surface area contributed by atoms with Gasteiger partial charge in [-0.2, -0.15) is 0 Å². The fraction of sp³-hybridized carbons (Fsp3) is 0.763. The zero-order chi connectivity index (χ0) is 38.5. The first-order chi connectivity index (χ1) is 23.5. The summed E-state index contributed by atoms with van der Waals surface area (Å²) < 4.78 is 25.7. The van der Waals surface area contributed by atoms with Crippen molar-refractivity contribution in [2.75, 3.05) is 18.8 Å². The molecule has 0 bridgehead atoms. The van der Waals surface area contributed by atoms with Crippen LogP contribution in [0.4, 0.5) is 4.79 Å². The molecule has 12 nitrogen and oxygen atoms in total. The molecule has 5 amide bonds. The monoisotopic (exact) mass is 733 g/mol. The van der Waals surface area contributed by atoms with Gasteiger partial charge in [-0.05, 0) is 70.8 Å². The van der Waals surface area contributed by atoms with Gasteiger partial charge in [0.05, 0.1) is 22.1 Å². The molecule has 1 unspecified atom stereocenters. The molecule has 0 aromatic rings. The predicted octanol–water partition coefficient (Wildman–Crippen LogP) is 4.35. The highest BCUT2D eigenvalue weighted by Crippen LogP contribution is 2.36. The average molecular weight is 734 g/mol. The van der Waals surface area contributed by atoms with Crippen molar-refractivity contribution in [2.45, 2.75) is 149 Å². The maximum absolute atomic E-state index is 14.6. The number of rotatable bonds is 13. The van der Waals surface area contributed by atoms with Crippen molar-refractivity contribution in [1.82, 2.24) is 26.2 Å². The largest absolute Gasteiger partial charge is 0.346 e. The van der Waals surface area contributed by atoms with Crippen molar-refractivity contribution in [1.29, 1.82) is 0 Å². The van der Waals surface area contributed by atoms with Gasteiger partial charge in [0.15, 0.2) is 9.84 Å². The Morgan fingerprint density at radius 1 is 0.961 bits per heavy atom. The van der Waals surface area contributed by atoms with E-state index in [4.69, 9.17) is 0 Å². The molecule has 3 aliphatic rings. The highest BCUT2D eigenvalue weighted by molar-refractivity contribution is 7.92. The van der Waals surface area contributed by atoms with Crippen molar-refractivity contribution in [3.05, 3.63) is 23.8 Å². The van der Waals surface area contributed by atoms with Crippen molar-refractivity contribution in [2.24, 2.45) is 17.3 Å². The lowest BCUT2D eigenvalue weighted by molar-refractivity contribution is -0.144. The van der Waals surface area contributed by atoms with Gasteiger partial charge in [-0.1, -0.05) is 77.9 Å². The number of carbonyl (C=O) groups excluding carboxylic acids is 5. The van der Waals surface area contributed by atoms with Crippen LogP contribution in [-0.4, -0.2) is 90.1 Å². The maximum atomic E-state index is 14.6. The number of nitrogens with zero attached hydrogens (tertiary/aromatic N) is 1. The standard InChI is InChI=1S/C38H63N5O7S/c1-11-20-39-33(46)30(44)28(21-26-16-15-17-26)40-32(45)29-25(4)27(24(2)3)22-43(29)34(47)31(36(5,6)7)41-35(48)42-38(18-13-12-14-19-38)23-51(49,50)37(8,9)10/h11,25-26,28-29,31H,1,12-23H2,2-10H3,(H,39,46)(H,40,45)(H2,41,42,48)/t25-,28?,29-,31+/m0/s1. The molecule has 0 spiro atoms. The third kappa shape index (κ3) is 10.4. The number of sulfone groups is 1. The molecule has 0 aromatic heterocycles. The lowest BCUT2D eigenvalue weighted by Gasteiger charge is -2.41. The van der Waals surface area contributed by atoms with Crippen molar-refractivity contribution in [3.8, 4) is 0 Å². The zero-order valence-electron chi connectivity index (χ0n) is 32.4. The minimum atomic E-state index is -3.58. The summed E-state index contributed by atoms with van der Waals surface area (Å²) in [4.78, 5) is 70.1. The number of allylic oxidation sites excluding steroid dienone is 1. The molecule has 3 rings (SSSR count). The van der Waals surface area contributed by atoms with Crippen LogP contribution >= 0.6 is 0 Å². The molecule has 0 radical (unpaired) electrons. The van der Waals surface area contributed by atoms with Gasteiger partial charge in [-0.15, -0.1) is 6.58 Å². The van der Waals surface area contributed by atoms with E-state index < -0.39 is 79.1 Å². The van der Waals surface area contributed by atoms with Crippen molar-refractivity contribution >= 4 is 39.4 Å². The summed E-state index contributed by atoms with van der Waals surface area (Å²) >= 11 is 0. The molecule has 3 fully saturated rings. The molecule has 13 heteroatoms. The third-order valence-corrected chi connectivity index (χ3v) is 13.7. The SMILES string of the molecule is C=CCNC(=O)C(=O)C(CC1CCC1)NC(=O)[C@@H]1[C@@H](C)C(=C(C)C)CN1C(=O)[C@@H](NC(=O)NC1(CS(=O)(=O)C(C)(C)C)CCCCC1)C(C)(C)C. The molecule has 2 saturated carbocycles. The Hall–Kier alpha value is -3.22. The highest BCUT2D eigenvalue weighted by Gasteiger charge is 2.49. The highest BCUT2D eigenvalue weighted by atomic mass is 32.2. The van der Waals surface area contributed by atoms with Crippen LogP contribution in [0.15, 0.2) is 23.8 Å². The Bertz CT molecular complexity index is 1480. The van der Waals surface area contributed by atoms with Gasteiger partial charge in [0.25, 0.3) is 5.91 Å². The average Bonchev–Trinajstić information content (AvgIpc) is 3.35. The van der Waals surface area contributed by atoms with Crippen LogP contribution in [0.1, 0.15) is 120 Å². The van der Waals surface area contributed by atoms with E-state index in [9.17, 15) is 32.4 Å². The smallest absolute Gasteiger partial charge is 0.315 e. The summed E-state index contributed by atoms with van der Waals surface area (Å²) in [5.41, 5.74) is 0.0912. The van der Waals surface area contributed by atoms with E-state index in [0.29, 0.717) is 19.3 Å². The fourth-order valence-electron chi connectivity index (χ4n) is 7.38. The van der Waals surface area contributed by atoms with Crippen LogP contribution in [0, 0.1) is 17.3 Å². The molecular weight excluding hydrogens is 671 g/mol. The molecule has 1 heterocycles. The first-order valence-electron chi connectivity index (χ1n) is 18.5. The molecule has 51 heavy (non-hydrogen) atoms. The number of urea groups is 1. The quantitative estimate of drug-likeness (QED) is 0.161. The van der Waals surface area contributed by atoms with Gasteiger partial charge in [0.1, 0.15) is 12.1 Å². The summed E-state index contributed by atoms with van der Waals surface area (Å²) in [5.74, 6) is -2.93. The van der Waals surface area contributed by atoms with Gasteiger partial charge in [0.2, 0.25) is 17.6 Å². The first-order valence-corrected chi connectivity index (χ1v) is 20.2. The summed E-state index contributed by atoms with van der Waals surface area (Å²) in [5, 5.41) is 11.3. The van der Waals surface area contributed by atoms with Gasteiger partial charge >= 0.3 is 6.03 Å². The van der Waals surface area contributed by atoms with Crippen LogP contribution in [0.25, 0.3) is 0 Å². The molecule has 4 atom stereocenters. The second kappa shape index (κ2) is 16.6. The van der Waals surface area contributed by atoms with Crippen LogP contribution in [0.5, 0.6) is 0 Å². The topological polar surface area (TPSA) is 171 Å². The normalized spacial score (nSPS) is 22.2. The Morgan fingerprint density at radius 2 is 1.57 bits per heavy atom. The van der Waals surface area contributed by atoms with Gasteiger partial charge in [-0.3, -0.25) is 19.2 Å². The lowest BCUT2D eigenvalue weighted by atomic mass is 9.80. The Balaban J connectivity index is 1.91. The number of ketones is 1. The number of hydrogen-bond acceptors (Lipinski definition) is 7. The fourth-order valence-corrected chi connectivity index (χ4v) is 8.90. The van der Waals surface area contributed by atoms with E-state index in [0.717, 1.165) is 49.7 Å². The number of Topliss-reactive ketones (excluding diaryl/α,β-unsaturated/α-hetero) is 1. The molecular formula is C38H63N5O7S. The van der Waals surface area contributed by atoms with Crippen molar-refractivity contribution in [3.63, 3.8) is 0 Å². The number of nitrogens with one attached hydrogen (secondary N) is 4. The Morgan fingerprint density at radius 3 is 2.06 bits per heavy atom. The summed E-state index contributed by atoms with van der Waals surface area (Å²) in [6.07, 6.45) is 8.14. The Labute approximate surface area is 305 Å². The predicted molar refractivity (Wildman–Crippen MR) is 199 cm³/mol. The summed E-state index contributed by atoms with van der Waals surface area (Å²) in [6, 6.07) is -3.76. The van der Waals surface area contributed by atoms with Gasteiger partial charge in [-0.25, -0.2) is 13.2 Å². The third-order valence-electron chi connectivity index (χ3n) is 10.9. The minimum Gasteiger partial charge on any atom is -0.346 e. The van der Waals surface area contributed by atoms with Crippen LogP contribution in [0.2, 0.25) is 0 Å². The number of hydrogen-bond donors (Lipinski definition) is 4. The zero-order valence-corrected chi connectivity index (χ0v) is 33.2. The van der Waals surface area contributed by atoms with Crippen molar-refractivity contribution < 1.29 is 32.4 Å². The van der Waals surface area contributed by atoms with Crippen LogP contribution in [0.3, 0.4) is 0 Å². The van der Waals surface area contributed by atoms with Crippen LogP contribution < -0.4 is 21.3 Å². The summed E-state index contributed by atoms with van der Waals surface area (Å²) in [6.45, 7) is 20.0. The Kier molecular flexibility index (Phi) is 13.8. The number of likely N-dealkylation sites (tertiary alicyclic amines) is 1. The van der Waals surface area contributed by atoms with E-state index in [1.807, 2.05) is 41.5 Å². The molecule has 288 valence electrons. The van der Waals surface area contributed by atoms with Gasteiger partial charge < -0.3 is 26.2 Å². The molecule has 0 aromatic carbocycles. The van der Waals surface area contributed by atoms with E-state index in [1.165, 1.54) is 11.0 Å². The first kappa shape index (κ1) is 42.2. The number of amides is 5. The maximum Gasteiger partial charge on any atom is 0.315 e. The van der Waals surface area contributed by atoms with Crippen LogP contribution in [-0.2, 0) is 29.0 Å². The van der Waals surface area contributed by atoms with E-state index in [1.54, 1.807) is 20.8 Å². The van der Waals surface area contributed by atoms with E-state index in [-0.39, 0.29) is 24.8 Å². The molecule has 2 aliphatic carbocycles. The lowest BCUT2D eigenvalue weighted by Crippen LogP contribution is -2.64. The van der Waals surface area contributed by atoms with E-state index in [2.05, 4.69) is 27.8 Å². The number of carbonyl (C=O) groups is 5. The second-order valence-corrected chi connectivity index (χ2v) is 20.0. The van der Waals surface area contributed by atoms with E-state index >= 15 is 0 Å². The molecule has 1 saturated heterocycles. The second-order valence-electron chi connectivity index (χ2n) is 17.3.